The monoisotopic (exact) mass is 520 g/mol. The number of carboxylic acids is 1. The second-order valence-electron chi connectivity index (χ2n) is 6.48. The van der Waals surface area contributed by atoms with Crippen molar-refractivity contribution in [3.8, 4) is 5.75 Å². The van der Waals surface area contributed by atoms with Gasteiger partial charge in [0.15, 0.2) is 0 Å². The van der Waals surface area contributed by atoms with E-state index in [-0.39, 0.29) is 28.5 Å². The molecule has 0 saturated heterocycles. The molecule has 3 aromatic carbocycles. The molecular weight excluding hydrogens is 504 g/mol. The smallest absolute Gasteiger partial charge is 0.337 e. The van der Waals surface area contributed by atoms with Gasteiger partial charge >= 0.3 is 5.97 Å². The number of aromatic hydroxyl groups is 1. The first-order chi connectivity index (χ1) is 16.7. The van der Waals surface area contributed by atoms with Crippen molar-refractivity contribution in [1.82, 2.24) is 0 Å². The summed E-state index contributed by atoms with van der Waals surface area (Å²) in [4.78, 5) is 11.4. The molecule has 0 heterocycles. The van der Waals surface area contributed by atoms with Crippen molar-refractivity contribution in [2.75, 3.05) is 5.43 Å². The Labute approximate surface area is 202 Å². The maximum absolute atomic E-state index is 11.6. The second-order valence-corrected chi connectivity index (χ2v) is 8.67. The molecule has 182 valence electrons. The standard InChI is InChI=1S/C20H16N4O9S2/c25-18-9-7-14(35(29,30)31)11-17(18)22-24-19(12-4-2-1-3-5-12)23-21-16-10-13(34-33-32-28)6-8-15(16)20(26)27/h1-11,22,25,28H,(H,26,27)(H,29,30,31)/b23-21?,24-19-. The molecule has 3 rings (SSSR count). The number of phenolic OH excluding ortho intramolecular Hbond substituents is 1. The predicted molar refractivity (Wildman–Crippen MR) is 123 cm³/mol. The quantitative estimate of drug-likeness (QED) is 0.0393. The number of nitrogens with one attached hydrogen (secondary N) is 1. The van der Waals surface area contributed by atoms with Crippen LogP contribution in [0, 0.1) is 0 Å². The molecule has 0 bridgehead atoms. The highest BCUT2D eigenvalue weighted by Gasteiger charge is 2.14. The number of aromatic carboxylic acids is 1. The van der Waals surface area contributed by atoms with Gasteiger partial charge in [-0.15, -0.1) is 14.6 Å². The molecule has 0 aliphatic rings. The van der Waals surface area contributed by atoms with Crippen molar-refractivity contribution in [3.63, 3.8) is 0 Å². The van der Waals surface area contributed by atoms with Crippen molar-refractivity contribution in [2.24, 2.45) is 15.3 Å². The Kier molecular flexibility index (Phi) is 8.48. The van der Waals surface area contributed by atoms with Gasteiger partial charge in [0.25, 0.3) is 10.1 Å². The third-order valence-electron chi connectivity index (χ3n) is 4.19. The van der Waals surface area contributed by atoms with E-state index in [0.717, 1.165) is 18.2 Å². The molecule has 0 aliphatic heterocycles. The number of hydrogen-bond acceptors (Lipinski definition) is 11. The zero-order valence-electron chi connectivity index (χ0n) is 17.3. The van der Waals surface area contributed by atoms with E-state index in [1.807, 2.05) is 0 Å². The van der Waals surface area contributed by atoms with E-state index >= 15 is 0 Å². The minimum absolute atomic E-state index is 0.0633. The Hall–Kier alpha value is -3.86. The lowest BCUT2D eigenvalue weighted by Crippen LogP contribution is -2.03. The van der Waals surface area contributed by atoms with Gasteiger partial charge < -0.3 is 10.2 Å². The molecule has 0 fully saturated rings. The molecular formula is C20H16N4O9S2. The maximum Gasteiger partial charge on any atom is 0.337 e. The number of nitrogens with zero attached hydrogens (tertiary/aromatic N) is 3. The molecule has 0 saturated carbocycles. The number of azo groups is 1. The van der Waals surface area contributed by atoms with E-state index in [4.69, 9.17) is 5.26 Å². The summed E-state index contributed by atoms with van der Waals surface area (Å²) in [6.07, 6.45) is 0. The van der Waals surface area contributed by atoms with Crippen LogP contribution in [0.3, 0.4) is 0 Å². The normalized spacial score (nSPS) is 12.1. The fourth-order valence-corrected chi connectivity index (χ4v) is 3.49. The van der Waals surface area contributed by atoms with E-state index in [0.29, 0.717) is 22.5 Å². The molecule has 0 amide bonds. The molecule has 0 radical (unpaired) electrons. The summed E-state index contributed by atoms with van der Waals surface area (Å²) in [5, 5.41) is 43.3. The molecule has 13 nitrogen and oxygen atoms in total. The molecule has 0 unspecified atom stereocenters. The van der Waals surface area contributed by atoms with Crippen molar-refractivity contribution < 1.29 is 42.6 Å². The Morgan fingerprint density at radius 3 is 2.43 bits per heavy atom. The fraction of sp³-hybridized carbons (Fsp3) is 0. The molecule has 3 aromatic rings. The average Bonchev–Trinajstić information content (AvgIpc) is 2.83. The van der Waals surface area contributed by atoms with Gasteiger partial charge in [0.2, 0.25) is 5.84 Å². The van der Waals surface area contributed by atoms with Crippen molar-refractivity contribution in [1.29, 1.82) is 0 Å². The summed E-state index contributed by atoms with van der Waals surface area (Å²) in [5.41, 5.74) is 2.47. The number of carbonyl (C=O) groups is 1. The average molecular weight is 521 g/mol. The van der Waals surface area contributed by atoms with Crippen LogP contribution in [0.1, 0.15) is 15.9 Å². The Bertz CT molecular complexity index is 1380. The van der Waals surface area contributed by atoms with Crippen LogP contribution in [0.25, 0.3) is 0 Å². The van der Waals surface area contributed by atoms with E-state index in [1.54, 1.807) is 30.3 Å². The first-order valence-electron chi connectivity index (χ1n) is 9.32. The highest BCUT2D eigenvalue weighted by atomic mass is 32.2. The minimum Gasteiger partial charge on any atom is -0.506 e. The fourth-order valence-electron chi connectivity index (χ4n) is 2.59. The highest BCUT2D eigenvalue weighted by Crippen LogP contribution is 2.29. The van der Waals surface area contributed by atoms with E-state index < -0.39 is 21.0 Å². The van der Waals surface area contributed by atoms with Gasteiger partial charge in [-0.3, -0.25) is 9.98 Å². The number of benzene rings is 3. The third kappa shape index (κ3) is 7.06. The first-order valence-corrected chi connectivity index (χ1v) is 11.5. The topological polar surface area (TPSA) is 200 Å². The van der Waals surface area contributed by atoms with Crippen LogP contribution in [0.2, 0.25) is 0 Å². The van der Waals surface area contributed by atoms with E-state index in [1.165, 1.54) is 18.2 Å². The minimum atomic E-state index is -4.54. The Morgan fingerprint density at radius 2 is 1.77 bits per heavy atom. The zero-order chi connectivity index (χ0) is 25.4. The van der Waals surface area contributed by atoms with E-state index in [9.17, 15) is 28.0 Å². The number of rotatable bonds is 9. The van der Waals surface area contributed by atoms with Crippen LogP contribution in [0.5, 0.6) is 5.75 Å². The second kappa shape index (κ2) is 11.5. The lowest BCUT2D eigenvalue weighted by atomic mass is 10.2. The van der Waals surface area contributed by atoms with Gasteiger partial charge in [-0.25, -0.2) is 10.1 Å². The van der Waals surface area contributed by atoms with Crippen LogP contribution in [-0.4, -0.2) is 40.2 Å². The number of hydrazone groups is 1. The number of hydrogen-bond donors (Lipinski definition) is 5. The van der Waals surface area contributed by atoms with Gasteiger partial charge in [-0.2, -0.15) is 13.5 Å². The molecule has 0 aliphatic carbocycles. The largest absolute Gasteiger partial charge is 0.506 e. The Morgan fingerprint density at radius 1 is 1.03 bits per heavy atom. The van der Waals surface area contributed by atoms with Crippen molar-refractivity contribution in [3.05, 3.63) is 77.9 Å². The molecule has 15 heteroatoms. The Balaban J connectivity index is 2.01. The zero-order valence-corrected chi connectivity index (χ0v) is 19.0. The number of carboxylic acid groups (broad SMARTS) is 1. The number of amidine groups is 1. The van der Waals surface area contributed by atoms with Crippen molar-refractivity contribution in [2.45, 2.75) is 9.79 Å². The summed E-state index contributed by atoms with van der Waals surface area (Å²) >= 11 is 0.591. The summed E-state index contributed by atoms with van der Waals surface area (Å²) in [6.45, 7) is 0. The van der Waals surface area contributed by atoms with E-state index in [2.05, 4.69) is 30.1 Å². The molecule has 35 heavy (non-hydrogen) atoms. The lowest BCUT2D eigenvalue weighted by Gasteiger charge is -2.07. The van der Waals surface area contributed by atoms with Crippen LogP contribution in [0.4, 0.5) is 11.4 Å². The van der Waals surface area contributed by atoms with Crippen LogP contribution in [-0.2, 0) is 19.5 Å². The molecule has 0 spiro atoms. The maximum atomic E-state index is 11.6. The SMILES string of the molecule is O=C(O)c1ccc(SOOO)cc1N=N/C(=N\Nc1cc(S(=O)(=O)O)ccc1O)c1ccccc1. The molecule has 0 atom stereocenters. The van der Waals surface area contributed by atoms with Crippen molar-refractivity contribution >= 4 is 45.3 Å². The van der Waals surface area contributed by atoms with Crippen LogP contribution >= 0.6 is 12.0 Å². The lowest BCUT2D eigenvalue weighted by molar-refractivity contribution is -0.432. The van der Waals surface area contributed by atoms with Gasteiger partial charge in [0.05, 0.1) is 28.2 Å². The third-order valence-corrected chi connectivity index (χ3v) is 5.62. The molecule has 5 N–H and O–H groups in total. The molecule has 0 aromatic heterocycles. The van der Waals surface area contributed by atoms with Gasteiger partial charge in [-0.05, 0) is 36.4 Å². The number of phenols is 1. The van der Waals surface area contributed by atoms with Crippen LogP contribution in [0.15, 0.2) is 91.9 Å². The van der Waals surface area contributed by atoms with Crippen LogP contribution < -0.4 is 5.43 Å². The van der Waals surface area contributed by atoms with Gasteiger partial charge in [0.1, 0.15) is 11.4 Å². The number of anilines is 1. The summed E-state index contributed by atoms with van der Waals surface area (Å²) < 4.78 is 36.4. The summed E-state index contributed by atoms with van der Waals surface area (Å²) in [5.74, 6) is -1.71. The predicted octanol–water partition coefficient (Wildman–Crippen LogP) is 4.32. The highest BCUT2D eigenvalue weighted by molar-refractivity contribution is 7.94. The first kappa shape index (κ1) is 25.8. The summed E-state index contributed by atoms with van der Waals surface area (Å²) in [6, 6.07) is 15.3. The van der Waals surface area contributed by atoms with Gasteiger partial charge in [0, 0.05) is 10.5 Å². The van der Waals surface area contributed by atoms with Gasteiger partial charge in [-0.1, -0.05) is 35.4 Å². The summed E-state index contributed by atoms with van der Waals surface area (Å²) in [7, 11) is -4.54.